The summed E-state index contributed by atoms with van der Waals surface area (Å²) in [5.41, 5.74) is 1.07. The molecule has 0 amide bonds. The van der Waals surface area contributed by atoms with Crippen molar-refractivity contribution in [2.75, 3.05) is 13.7 Å². The van der Waals surface area contributed by atoms with E-state index in [0.29, 0.717) is 17.2 Å². The molecular formula is C17H17ClO3. The normalized spacial score (nSPS) is 11.7. The highest BCUT2D eigenvalue weighted by Crippen LogP contribution is 2.24. The number of methoxy groups -OCH3 is 1. The summed E-state index contributed by atoms with van der Waals surface area (Å²) < 4.78 is 10.5. The quantitative estimate of drug-likeness (QED) is 0.762. The maximum Gasteiger partial charge on any atom is 0.312 e. The highest BCUT2D eigenvalue weighted by Gasteiger charge is 2.21. The molecule has 2 rings (SSSR count). The Labute approximate surface area is 129 Å². The summed E-state index contributed by atoms with van der Waals surface area (Å²) in [5.74, 6) is -0.0827. The molecule has 0 radical (unpaired) electrons. The van der Waals surface area contributed by atoms with E-state index in [4.69, 9.17) is 21.1 Å². The first-order valence-electron chi connectivity index (χ1n) is 6.70. The number of hydrogen-bond donors (Lipinski definition) is 0. The maximum absolute atomic E-state index is 11.9. The summed E-state index contributed by atoms with van der Waals surface area (Å²) in [7, 11) is 1.38. The van der Waals surface area contributed by atoms with Gasteiger partial charge in [0.05, 0.1) is 18.1 Å². The SMILES string of the molecule is COC(=O)C(COc1ccccc1Cl)Cc1ccccc1. The number of para-hydroxylation sites is 1. The van der Waals surface area contributed by atoms with Gasteiger partial charge in [-0.15, -0.1) is 0 Å². The van der Waals surface area contributed by atoms with Crippen LogP contribution in [0.3, 0.4) is 0 Å². The monoisotopic (exact) mass is 304 g/mol. The van der Waals surface area contributed by atoms with E-state index in [1.54, 1.807) is 12.1 Å². The standard InChI is InChI=1S/C17H17ClO3/c1-20-17(19)14(11-13-7-3-2-4-8-13)12-21-16-10-6-5-9-15(16)18/h2-10,14H,11-12H2,1H3. The number of rotatable bonds is 6. The number of ether oxygens (including phenoxy) is 2. The van der Waals surface area contributed by atoms with E-state index >= 15 is 0 Å². The molecular weight excluding hydrogens is 288 g/mol. The number of carbonyl (C=O) groups is 1. The summed E-state index contributed by atoms with van der Waals surface area (Å²) in [4.78, 5) is 11.9. The number of esters is 1. The summed E-state index contributed by atoms with van der Waals surface area (Å²) in [6, 6.07) is 17.0. The first-order valence-corrected chi connectivity index (χ1v) is 7.07. The Kier molecular flexibility index (Phi) is 5.64. The smallest absolute Gasteiger partial charge is 0.312 e. The molecule has 0 heterocycles. The van der Waals surface area contributed by atoms with Gasteiger partial charge in [-0.3, -0.25) is 4.79 Å². The minimum atomic E-state index is -0.367. The lowest BCUT2D eigenvalue weighted by Crippen LogP contribution is -2.25. The predicted molar refractivity (Wildman–Crippen MR) is 82.6 cm³/mol. The van der Waals surface area contributed by atoms with Gasteiger partial charge >= 0.3 is 5.97 Å². The molecule has 1 unspecified atom stereocenters. The van der Waals surface area contributed by atoms with E-state index in [0.717, 1.165) is 5.56 Å². The first kappa shape index (κ1) is 15.4. The molecule has 2 aromatic carbocycles. The van der Waals surface area contributed by atoms with Crippen molar-refractivity contribution in [2.24, 2.45) is 5.92 Å². The maximum atomic E-state index is 11.9. The third kappa shape index (κ3) is 4.50. The van der Waals surface area contributed by atoms with Gasteiger partial charge in [0, 0.05) is 0 Å². The molecule has 3 nitrogen and oxygen atoms in total. The molecule has 2 aromatic rings. The lowest BCUT2D eigenvalue weighted by Gasteiger charge is -2.16. The van der Waals surface area contributed by atoms with Crippen LogP contribution in [0, 0.1) is 5.92 Å². The molecule has 0 saturated heterocycles. The number of hydrogen-bond acceptors (Lipinski definition) is 3. The van der Waals surface area contributed by atoms with E-state index in [1.807, 2.05) is 42.5 Å². The molecule has 0 aromatic heterocycles. The van der Waals surface area contributed by atoms with Crippen LogP contribution >= 0.6 is 11.6 Å². The molecule has 110 valence electrons. The summed E-state index contributed by atoms with van der Waals surface area (Å²) >= 11 is 6.04. The zero-order valence-corrected chi connectivity index (χ0v) is 12.5. The van der Waals surface area contributed by atoms with Crippen LogP contribution in [0.15, 0.2) is 54.6 Å². The van der Waals surface area contributed by atoms with Crippen LogP contribution in [-0.2, 0) is 16.0 Å². The Morgan fingerprint density at radius 1 is 1.10 bits per heavy atom. The van der Waals surface area contributed by atoms with Crippen LogP contribution in [-0.4, -0.2) is 19.7 Å². The number of carbonyl (C=O) groups excluding carboxylic acids is 1. The molecule has 0 spiro atoms. The van der Waals surface area contributed by atoms with Gasteiger partial charge in [-0.2, -0.15) is 0 Å². The van der Waals surface area contributed by atoms with Crippen LogP contribution < -0.4 is 4.74 Å². The van der Waals surface area contributed by atoms with Gasteiger partial charge in [-0.25, -0.2) is 0 Å². The van der Waals surface area contributed by atoms with Gasteiger partial charge in [0.25, 0.3) is 0 Å². The molecule has 21 heavy (non-hydrogen) atoms. The molecule has 0 N–H and O–H groups in total. The van der Waals surface area contributed by atoms with E-state index in [-0.39, 0.29) is 18.5 Å². The fourth-order valence-electron chi connectivity index (χ4n) is 2.03. The molecule has 4 heteroatoms. The van der Waals surface area contributed by atoms with Crippen molar-refractivity contribution in [2.45, 2.75) is 6.42 Å². The topological polar surface area (TPSA) is 35.5 Å². The second kappa shape index (κ2) is 7.70. The number of benzene rings is 2. The van der Waals surface area contributed by atoms with Gasteiger partial charge in [-0.1, -0.05) is 54.1 Å². The Morgan fingerprint density at radius 3 is 2.43 bits per heavy atom. The van der Waals surface area contributed by atoms with Crippen LogP contribution in [0.25, 0.3) is 0 Å². The molecule has 0 fully saturated rings. The fourth-order valence-corrected chi connectivity index (χ4v) is 2.22. The zero-order valence-electron chi connectivity index (χ0n) is 11.8. The summed E-state index contributed by atoms with van der Waals surface area (Å²) in [6.45, 7) is 0.227. The molecule has 0 saturated carbocycles. The summed E-state index contributed by atoms with van der Waals surface area (Å²) in [6.07, 6.45) is 0.567. The van der Waals surface area contributed by atoms with Gasteiger partial charge in [0.1, 0.15) is 12.4 Å². The fraction of sp³-hybridized carbons (Fsp3) is 0.235. The molecule has 1 atom stereocenters. The van der Waals surface area contributed by atoms with Crippen LogP contribution in [0.5, 0.6) is 5.75 Å². The second-order valence-corrected chi connectivity index (χ2v) is 5.06. The lowest BCUT2D eigenvalue weighted by molar-refractivity contribution is -0.146. The lowest BCUT2D eigenvalue weighted by atomic mass is 10.0. The highest BCUT2D eigenvalue weighted by atomic mass is 35.5. The van der Waals surface area contributed by atoms with E-state index < -0.39 is 0 Å². The zero-order chi connectivity index (χ0) is 15.1. The minimum Gasteiger partial charge on any atom is -0.491 e. The molecule has 0 aliphatic heterocycles. The van der Waals surface area contributed by atoms with E-state index in [2.05, 4.69) is 0 Å². The van der Waals surface area contributed by atoms with Crippen LogP contribution in [0.4, 0.5) is 0 Å². The molecule has 0 aliphatic rings. The third-order valence-electron chi connectivity index (χ3n) is 3.14. The molecule has 0 bridgehead atoms. The largest absolute Gasteiger partial charge is 0.491 e. The van der Waals surface area contributed by atoms with Crippen molar-refractivity contribution >= 4 is 17.6 Å². The predicted octanol–water partition coefficient (Wildman–Crippen LogP) is 3.75. The minimum absolute atomic E-state index is 0.227. The van der Waals surface area contributed by atoms with Crippen molar-refractivity contribution in [3.05, 3.63) is 65.2 Å². The Balaban J connectivity index is 2.03. The van der Waals surface area contributed by atoms with E-state index in [1.165, 1.54) is 7.11 Å². The second-order valence-electron chi connectivity index (χ2n) is 4.65. The van der Waals surface area contributed by atoms with Crippen molar-refractivity contribution in [3.63, 3.8) is 0 Å². The van der Waals surface area contributed by atoms with Crippen LogP contribution in [0.2, 0.25) is 5.02 Å². The third-order valence-corrected chi connectivity index (χ3v) is 3.45. The van der Waals surface area contributed by atoms with Crippen molar-refractivity contribution in [1.29, 1.82) is 0 Å². The first-order chi connectivity index (χ1) is 10.2. The van der Waals surface area contributed by atoms with Gasteiger partial charge < -0.3 is 9.47 Å². The van der Waals surface area contributed by atoms with Gasteiger partial charge in [0.15, 0.2) is 0 Å². The van der Waals surface area contributed by atoms with E-state index in [9.17, 15) is 4.79 Å². The van der Waals surface area contributed by atoms with Gasteiger partial charge in [-0.05, 0) is 24.1 Å². The Morgan fingerprint density at radius 2 is 1.76 bits per heavy atom. The van der Waals surface area contributed by atoms with Gasteiger partial charge in [0.2, 0.25) is 0 Å². The van der Waals surface area contributed by atoms with Crippen molar-refractivity contribution in [3.8, 4) is 5.75 Å². The van der Waals surface area contributed by atoms with Crippen molar-refractivity contribution in [1.82, 2.24) is 0 Å². The van der Waals surface area contributed by atoms with Crippen molar-refractivity contribution < 1.29 is 14.3 Å². The van der Waals surface area contributed by atoms with Crippen LogP contribution in [0.1, 0.15) is 5.56 Å². The molecule has 0 aliphatic carbocycles. The highest BCUT2D eigenvalue weighted by molar-refractivity contribution is 6.32. The summed E-state index contributed by atoms with van der Waals surface area (Å²) in [5, 5.41) is 0.529. The Bertz CT molecular complexity index is 584. The average molecular weight is 305 g/mol. The Hall–Kier alpha value is -2.00. The average Bonchev–Trinajstić information content (AvgIpc) is 2.53. The number of halogens is 1.